The van der Waals surface area contributed by atoms with Crippen LogP contribution in [0, 0.1) is 11.8 Å². The molecule has 76 valence electrons. The van der Waals surface area contributed by atoms with Crippen LogP contribution in [0.15, 0.2) is 0 Å². The summed E-state index contributed by atoms with van der Waals surface area (Å²) in [5, 5.41) is 2.96. The smallest absolute Gasteiger partial charge is 0.217 e. The van der Waals surface area contributed by atoms with Gasteiger partial charge in [-0.15, -0.1) is 0 Å². The molecule has 0 heterocycles. The van der Waals surface area contributed by atoms with Crippen molar-refractivity contribution in [2.45, 2.75) is 52.5 Å². The molecule has 2 heteroatoms. The van der Waals surface area contributed by atoms with Crippen molar-refractivity contribution in [3.05, 3.63) is 0 Å². The molecular weight excluding hydrogens is 162 g/mol. The summed E-state index contributed by atoms with van der Waals surface area (Å²) in [6, 6.07) is 0.481. The van der Waals surface area contributed by atoms with Crippen molar-refractivity contribution < 1.29 is 4.79 Å². The van der Waals surface area contributed by atoms with Gasteiger partial charge in [0, 0.05) is 13.0 Å². The molecule has 1 amide bonds. The average molecular weight is 183 g/mol. The first-order valence-corrected chi connectivity index (χ1v) is 5.35. The molecule has 0 spiro atoms. The molecule has 0 radical (unpaired) electrons. The highest BCUT2D eigenvalue weighted by molar-refractivity contribution is 5.73. The molecule has 1 fully saturated rings. The summed E-state index contributed by atoms with van der Waals surface area (Å²) in [4.78, 5) is 10.7. The first kappa shape index (κ1) is 10.6. The van der Waals surface area contributed by atoms with Gasteiger partial charge >= 0.3 is 0 Å². The molecule has 0 aromatic rings. The highest BCUT2D eigenvalue weighted by Crippen LogP contribution is 2.32. The van der Waals surface area contributed by atoms with Crippen LogP contribution in [0.4, 0.5) is 0 Å². The van der Waals surface area contributed by atoms with Crippen molar-refractivity contribution >= 4 is 5.91 Å². The molecule has 1 aliphatic carbocycles. The summed E-state index contributed by atoms with van der Waals surface area (Å²) in [6.07, 6.45) is 5.07. The molecule has 0 aromatic carbocycles. The van der Waals surface area contributed by atoms with E-state index in [0.717, 1.165) is 11.8 Å². The number of nitrogens with one attached hydrogen (secondary N) is 1. The van der Waals surface area contributed by atoms with E-state index in [1.54, 1.807) is 6.92 Å². The van der Waals surface area contributed by atoms with Crippen LogP contribution in [0.3, 0.4) is 0 Å². The van der Waals surface area contributed by atoms with Gasteiger partial charge < -0.3 is 5.32 Å². The highest BCUT2D eigenvalue weighted by atomic mass is 16.1. The van der Waals surface area contributed by atoms with Crippen LogP contribution >= 0.6 is 0 Å². The third kappa shape index (κ3) is 3.79. The third-order valence-corrected chi connectivity index (χ3v) is 2.80. The lowest BCUT2D eigenvalue weighted by Crippen LogP contribution is -2.43. The first-order valence-electron chi connectivity index (χ1n) is 5.35. The summed E-state index contributed by atoms with van der Waals surface area (Å²) in [7, 11) is 0. The fourth-order valence-electron chi connectivity index (χ4n) is 1.95. The molecule has 0 atom stereocenters. The van der Waals surface area contributed by atoms with Gasteiger partial charge in [-0.25, -0.2) is 0 Å². The topological polar surface area (TPSA) is 29.1 Å². The molecule has 0 aromatic heterocycles. The normalized spacial score (nSPS) is 27.1. The summed E-state index contributed by atoms with van der Waals surface area (Å²) in [5.41, 5.74) is 0. The lowest BCUT2D eigenvalue weighted by molar-refractivity contribution is -0.120. The van der Waals surface area contributed by atoms with E-state index >= 15 is 0 Å². The molecule has 13 heavy (non-hydrogen) atoms. The average Bonchev–Trinajstić information content (AvgIpc) is 1.92. The SMILES string of the molecule is CC(=O)NC1CC(CCC(C)C)C1. The lowest BCUT2D eigenvalue weighted by Gasteiger charge is -2.36. The first-order chi connectivity index (χ1) is 6.08. The predicted octanol–water partition coefficient (Wildman–Crippen LogP) is 2.34. The second kappa shape index (κ2) is 4.64. The van der Waals surface area contributed by atoms with E-state index in [1.807, 2.05) is 0 Å². The van der Waals surface area contributed by atoms with Crippen LogP contribution in [0.1, 0.15) is 46.5 Å². The Bertz CT molecular complexity index is 171. The van der Waals surface area contributed by atoms with Crippen LogP contribution in [-0.2, 0) is 4.79 Å². The minimum absolute atomic E-state index is 0.118. The second-order valence-corrected chi connectivity index (χ2v) is 4.71. The van der Waals surface area contributed by atoms with Gasteiger partial charge in [-0.1, -0.05) is 26.7 Å². The lowest BCUT2D eigenvalue weighted by atomic mass is 9.76. The molecule has 1 N–H and O–H groups in total. The van der Waals surface area contributed by atoms with Crippen molar-refractivity contribution in [2.24, 2.45) is 11.8 Å². The zero-order valence-electron chi connectivity index (χ0n) is 8.97. The fourth-order valence-corrected chi connectivity index (χ4v) is 1.95. The van der Waals surface area contributed by atoms with Crippen LogP contribution in [0.2, 0.25) is 0 Å². The summed E-state index contributed by atoms with van der Waals surface area (Å²) >= 11 is 0. The van der Waals surface area contributed by atoms with Crippen LogP contribution in [0.25, 0.3) is 0 Å². The van der Waals surface area contributed by atoms with Gasteiger partial charge in [0.1, 0.15) is 0 Å². The van der Waals surface area contributed by atoms with Crippen molar-refractivity contribution in [1.29, 1.82) is 0 Å². The second-order valence-electron chi connectivity index (χ2n) is 4.71. The highest BCUT2D eigenvalue weighted by Gasteiger charge is 2.28. The summed E-state index contributed by atoms with van der Waals surface area (Å²) in [6.45, 7) is 6.13. The zero-order chi connectivity index (χ0) is 9.84. The van der Waals surface area contributed by atoms with Gasteiger partial charge in [0.25, 0.3) is 0 Å². The Kier molecular flexibility index (Phi) is 3.76. The van der Waals surface area contributed by atoms with E-state index in [2.05, 4.69) is 19.2 Å². The maximum absolute atomic E-state index is 10.7. The standard InChI is InChI=1S/C11H21NO/c1-8(2)4-5-10-6-11(7-10)12-9(3)13/h8,10-11H,4-7H2,1-3H3,(H,12,13). The summed E-state index contributed by atoms with van der Waals surface area (Å²) < 4.78 is 0. The van der Waals surface area contributed by atoms with Gasteiger partial charge in [0.15, 0.2) is 0 Å². The zero-order valence-corrected chi connectivity index (χ0v) is 8.97. The van der Waals surface area contributed by atoms with E-state index in [4.69, 9.17) is 0 Å². The van der Waals surface area contributed by atoms with Crippen molar-refractivity contribution in [3.63, 3.8) is 0 Å². The number of rotatable bonds is 4. The number of amides is 1. The predicted molar refractivity (Wildman–Crippen MR) is 54.4 cm³/mol. The monoisotopic (exact) mass is 183 g/mol. The van der Waals surface area contributed by atoms with E-state index in [9.17, 15) is 4.79 Å². The Balaban J connectivity index is 2.02. The quantitative estimate of drug-likeness (QED) is 0.712. The summed E-state index contributed by atoms with van der Waals surface area (Å²) in [5.74, 6) is 1.81. The Morgan fingerprint density at radius 2 is 2.08 bits per heavy atom. The Labute approximate surface area is 81.1 Å². The Morgan fingerprint density at radius 1 is 1.46 bits per heavy atom. The molecule has 0 aliphatic heterocycles. The van der Waals surface area contributed by atoms with E-state index < -0.39 is 0 Å². The van der Waals surface area contributed by atoms with Gasteiger partial charge in [-0.2, -0.15) is 0 Å². The van der Waals surface area contributed by atoms with E-state index in [-0.39, 0.29) is 5.91 Å². The van der Waals surface area contributed by atoms with Crippen LogP contribution in [0.5, 0.6) is 0 Å². The minimum atomic E-state index is 0.118. The van der Waals surface area contributed by atoms with Crippen molar-refractivity contribution in [3.8, 4) is 0 Å². The fraction of sp³-hybridized carbons (Fsp3) is 0.909. The van der Waals surface area contributed by atoms with Gasteiger partial charge in [0.2, 0.25) is 5.91 Å². The van der Waals surface area contributed by atoms with Crippen LogP contribution in [-0.4, -0.2) is 11.9 Å². The molecular formula is C11H21NO. The molecule has 1 saturated carbocycles. The van der Waals surface area contributed by atoms with E-state index in [1.165, 1.54) is 25.7 Å². The molecule has 0 bridgehead atoms. The van der Waals surface area contributed by atoms with E-state index in [0.29, 0.717) is 6.04 Å². The molecule has 1 aliphatic rings. The maximum atomic E-state index is 10.7. The van der Waals surface area contributed by atoms with Crippen molar-refractivity contribution in [2.75, 3.05) is 0 Å². The minimum Gasteiger partial charge on any atom is -0.354 e. The van der Waals surface area contributed by atoms with Crippen molar-refractivity contribution in [1.82, 2.24) is 5.32 Å². The molecule has 2 nitrogen and oxygen atoms in total. The third-order valence-electron chi connectivity index (χ3n) is 2.80. The Hall–Kier alpha value is -0.530. The number of carbonyl (C=O) groups excluding carboxylic acids is 1. The number of hydrogen-bond acceptors (Lipinski definition) is 1. The Morgan fingerprint density at radius 3 is 2.54 bits per heavy atom. The maximum Gasteiger partial charge on any atom is 0.217 e. The molecule has 0 unspecified atom stereocenters. The number of hydrogen-bond donors (Lipinski definition) is 1. The van der Waals surface area contributed by atoms with Gasteiger partial charge in [0.05, 0.1) is 0 Å². The largest absolute Gasteiger partial charge is 0.354 e. The van der Waals surface area contributed by atoms with Gasteiger partial charge in [-0.05, 0) is 24.7 Å². The van der Waals surface area contributed by atoms with Crippen LogP contribution < -0.4 is 5.32 Å². The number of carbonyl (C=O) groups is 1. The molecule has 1 rings (SSSR count). The molecule has 0 saturated heterocycles. The van der Waals surface area contributed by atoms with Gasteiger partial charge in [-0.3, -0.25) is 4.79 Å².